The topological polar surface area (TPSA) is 29.9 Å². The highest BCUT2D eigenvalue weighted by Gasteiger charge is 2.32. The zero-order valence-corrected chi connectivity index (χ0v) is 11.6. The molecule has 0 amide bonds. The summed E-state index contributed by atoms with van der Waals surface area (Å²) in [6, 6.07) is 3.72. The highest BCUT2D eigenvalue weighted by Crippen LogP contribution is 2.30. The third-order valence-electron chi connectivity index (χ3n) is 3.12. The van der Waals surface area contributed by atoms with Gasteiger partial charge in [0.05, 0.1) is 17.4 Å². The van der Waals surface area contributed by atoms with Gasteiger partial charge in [-0.2, -0.15) is 18.3 Å². The lowest BCUT2D eigenvalue weighted by molar-refractivity contribution is -0.137. The SMILES string of the molecule is CCNC(C)c1cc(F)ccc1-n1cc(C(F)(F)F)cn1. The van der Waals surface area contributed by atoms with Crippen molar-refractivity contribution in [2.45, 2.75) is 26.1 Å². The highest BCUT2D eigenvalue weighted by molar-refractivity contribution is 5.43. The van der Waals surface area contributed by atoms with Crippen LogP contribution in [-0.4, -0.2) is 16.3 Å². The predicted molar refractivity (Wildman–Crippen MR) is 70.6 cm³/mol. The summed E-state index contributed by atoms with van der Waals surface area (Å²) < 4.78 is 52.4. The first kappa shape index (κ1) is 15.5. The van der Waals surface area contributed by atoms with Gasteiger partial charge in [-0.1, -0.05) is 6.92 Å². The van der Waals surface area contributed by atoms with Crippen LogP contribution in [-0.2, 0) is 6.18 Å². The molecule has 3 nitrogen and oxygen atoms in total. The molecule has 1 N–H and O–H groups in total. The van der Waals surface area contributed by atoms with Crippen LogP contribution in [0.15, 0.2) is 30.6 Å². The Kier molecular flexibility index (Phi) is 4.32. The lowest BCUT2D eigenvalue weighted by Gasteiger charge is -2.17. The van der Waals surface area contributed by atoms with Crippen LogP contribution in [0.2, 0.25) is 0 Å². The van der Waals surface area contributed by atoms with Crippen LogP contribution in [0.5, 0.6) is 0 Å². The largest absolute Gasteiger partial charge is 0.419 e. The average molecular weight is 301 g/mol. The van der Waals surface area contributed by atoms with Crippen molar-refractivity contribution >= 4 is 0 Å². The maximum absolute atomic E-state index is 13.4. The van der Waals surface area contributed by atoms with Gasteiger partial charge < -0.3 is 5.32 Å². The van der Waals surface area contributed by atoms with Gasteiger partial charge in [0, 0.05) is 12.2 Å². The normalized spacial score (nSPS) is 13.4. The molecule has 0 spiro atoms. The average Bonchev–Trinajstić information content (AvgIpc) is 2.88. The molecule has 1 unspecified atom stereocenters. The van der Waals surface area contributed by atoms with Crippen LogP contribution < -0.4 is 5.32 Å². The molecule has 21 heavy (non-hydrogen) atoms. The van der Waals surface area contributed by atoms with E-state index in [-0.39, 0.29) is 6.04 Å². The third kappa shape index (κ3) is 3.41. The van der Waals surface area contributed by atoms with Crippen molar-refractivity contribution in [3.8, 4) is 5.69 Å². The number of hydrogen-bond acceptors (Lipinski definition) is 2. The number of hydrogen-bond donors (Lipinski definition) is 1. The van der Waals surface area contributed by atoms with E-state index in [4.69, 9.17) is 0 Å². The summed E-state index contributed by atoms with van der Waals surface area (Å²) in [5, 5.41) is 6.84. The molecule has 7 heteroatoms. The Bertz CT molecular complexity index is 619. The van der Waals surface area contributed by atoms with Gasteiger partial charge in [-0.05, 0) is 37.2 Å². The standard InChI is InChI=1S/C14H15F4N3/c1-3-19-9(2)12-6-11(15)4-5-13(12)21-8-10(7-20-21)14(16,17)18/h4-9,19H,3H2,1-2H3. The van der Waals surface area contributed by atoms with Crippen LogP contribution in [0, 0.1) is 5.82 Å². The number of halogens is 4. The summed E-state index contributed by atoms with van der Waals surface area (Å²) in [5.74, 6) is -0.443. The summed E-state index contributed by atoms with van der Waals surface area (Å²) in [5.41, 5.74) is 0.128. The van der Waals surface area contributed by atoms with Crippen molar-refractivity contribution in [1.29, 1.82) is 0 Å². The van der Waals surface area contributed by atoms with Crippen molar-refractivity contribution in [2.24, 2.45) is 0 Å². The maximum Gasteiger partial charge on any atom is 0.419 e. The van der Waals surface area contributed by atoms with Crippen molar-refractivity contribution in [3.05, 3.63) is 47.5 Å². The molecule has 1 atom stereocenters. The zero-order chi connectivity index (χ0) is 15.6. The Morgan fingerprint density at radius 2 is 2.05 bits per heavy atom. The maximum atomic E-state index is 13.4. The number of nitrogens with zero attached hydrogens (tertiary/aromatic N) is 2. The van der Waals surface area contributed by atoms with Crippen molar-refractivity contribution in [2.75, 3.05) is 6.54 Å². The molecular formula is C14H15F4N3. The van der Waals surface area contributed by atoms with Gasteiger partial charge >= 0.3 is 6.18 Å². The Labute approximate surface area is 119 Å². The van der Waals surface area contributed by atoms with Gasteiger partial charge in [0.15, 0.2) is 0 Å². The smallest absolute Gasteiger partial charge is 0.310 e. The lowest BCUT2D eigenvalue weighted by atomic mass is 10.1. The summed E-state index contributed by atoms with van der Waals surface area (Å²) in [6.45, 7) is 4.37. The van der Waals surface area contributed by atoms with E-state index in [1.165, 1.54) is 18.2 Å². The van der Waals surface area contributed by atoms with E-state index in [1.54, 1.807) is 0 Å². The van der Waals surface area contributed by atoms with E-state index in [0.29, 0.717) is 17.8 Å². The third-order valence-corrected chi connectivity index (χ3v) is 3.12. The van der Waals surface area contributed by atoms with Crippen LogP contribution in [0.25, 0.3) is 5.69 Å². The van der Waals surface area contributed by atoms with Crippen LogP contribution >= 0.6 is 0 Å². The van der Waals surface area contributed by atoms with Crippen LogP contribution in [0.4, 0.5) is 17.6 Å². The van der Waals surface area contributed by atoms with E-state index >= 15 is 0 Å². The minimum Gasteiger partial charge on any atom is -0.310 e. The quantitative estimate of drug-likeness (QED) is 0.873. The van der Waals surface area contributed by atoms with Gasteiger partial charge in [-0.25, -0.2) is 9.07 Å². The van der Waals surface area contributed by atoms with Gasteiger partial charge in [-0.3, -0.25) is 0 Å². The minimum atomic E-state index is -4.45. The van der Waals surface area contributed by atoms with E-state index in [1.807, 2.05) is 13.8 Å². The van der Waals surface area contributed by atoms with E-state index in [2.05, 4.69) is 10.4 Å². The molecule has 0 aliphatic carbocycles. The first-order valence-corrected chi connectivity index (χ1v) is 6.48. The van der Waals surface area contributed by atoms with E-state index in [9.17, 15) is 17.6 Å². The number of alkyl halides is 3. The molecule has 0 aliphatic heterocycles. The second-order valence-electron chi connectivity index (χ2n) is 4.65. The molecule has 2 aromatic rings. The van der Waals surface area contributed by atoms with E-state index < -0.39 is 17.6 Å². The van der Waals surface area contributed by atoms with Gasteiger partial charge in [-0.15, -0.1) is 0 Å². The fourth-order valence-corrected chi connectivity index (χ4v) is 2.10. The molecule has 2 rings (SSSR count). The predicted octanol–water partition coefficient (Wildman–Crippen LogP) is 3.70. The Morgan fingerprint density at radius 3 is 2.62 bits per heavy atom. The molecule has 0 fully saturated rings. The number of rotatable bonds is 4. The summed E-state index contributed by atoms with van der Waals surface area (Å²) in [6.07, 6.45) is -2.80. The first-order chi connectivity index (χ1) is 9.82. The zero-order valence-electron chi connectivity index (χ0n) is 11.6. The molecule has 1 aromatic carbocycles. The lowest BCUT2D eigenvalue weighted by Crippen LogP contribution is -2.19. The second-order valence-corrected chi connectivity index (χ2v) is 4.65. The van der Waals surface area contributed by atoms with Crippen molar-refractivity contribution < 1.29 is 17.6 Å². The second kappa shape index (κ2) is 5.85. The van der Waals surface area contributed by atoms with Gasteiger partial charge in [0.2, 0.25) is 0 Å². The number of benzene rings is 1. The number of aromatic nitrogens is 2. The Hall–Kier alpha value is -1.89. The van der Waals surface area contributed by atoms with Crippen LogP contribution in [0.1, 0.15) is 31.0 Å². The molecular weight excluding hydrogens is 286 g/mol. The first-order valence-electron chi connectivity index (χ1n) is 6.48. The highest BCUT2D eigenvalue weighted by atomic mass is 19.4. The monoisotopic (exact) mass is 301 g/mol. The summed E-state index contributed by atoms with van der Waals surface area (Å²) in [4.78, 5) is 0. The molecule has 0 bridgehead atoms. The van der Waals surface area contributed by atoms with Gasteiger partial charge in [0.1, 0.15) is 5.82 Å². The Morgan fingerprint density at radius 1 is 1.33 bits per heavy atom. The fourth-order valence-electron chi connectivity index (χ4n) is 2.10. The summed E-state index contributed by atoms with van der Waals surface area (Å²) in [7, 11) is 0. The Balaban J connectivity index is 2.46. The molecule has 0 aliphatic rings. The van der Waals surface area contributed by atoms with Gasteiger partial charge in [0.25, 0.3) is 0 Å². The molecule has 0 saturated heterocycles. The summed E-state index contributed by atoms with van der Waals surface area (Å²) >= 11 is 0. The number of nitrogens with one attached hydrogen (secondary N) is 1. The van der Waals surface area contributed by atoms with Crippen LogP contribution in [0.3, 0.4) is 0 Å². The minimum absolute atomic E-state index is 0.209. The molecule has 1 heterocycles. The molecule has 1 aromatic heterocycles. The van der Waals surface area contributed by atoms with Crippen molar-refractivity contribution in [1.82, 2.24) is 15.1 Å². The van der Waals surface area contributed by atoms with E-state index in [0.717, 1.165) is 17.1 Å². The fraction of sp³-hybridized carbons (Fsp3) is 0.357. The molecule has 114 valence electrons. The van der Waals surface area contributed by atoms with Crippen molar-refractivity contribution in [3.63, 3.8) is 0 Å². The molecule has 0 radical (unpaired) electrons. The molecule has 0 saturated carbocycles.